The third-order valence-electron chi connectivity index (χ3n) is 3.79. The Morgan fingerprint density at radius 2 is 2.10 bits per heavy atom. The van der Waals surface area contributed by atoms with Crippen molar-refractivity contribution >= 4 is 11.9 Å². The lowest BCUT2D eigenvalue weighted by Crippen LogP contribution is -2.25. The molecule has 0 bridgehead atoms. The number of aromatic carboxylic acids is 1. The van der Waals surface area contributed by atoms with Crippen LogP contribution in [0.2, 0.25) is 0 Å². The van der Waals surface area contributed by atoms with Gasteiger partial charge < -0.3 is 10.4 Å². The fraction of sp³-hybridized carbons (Fsp3) is 0.533. The monoisotopic (exact) mass is 276 g/mol. The van der Waals surface area contributed by atoms with Crippen molar-refractivity contribution in [3.63, 3.8) is 0 Å². The minimum Gasteiger partial charge on any atom is -0.477 e. The van der Waals surface area contributed by atoms with Gasteiger partial charge in [-0.3, -0.25) is 4.79 Å². The second-order valence-corrected chi connectivity index (χ2v) is 5.28. The van der Waals surface area contributed by atoms with E-state index in [1.807, 2.05) is 0 Å². The maximum Gasteiger partial charge on any atom is 0.354 e. The Morgan fingerprint density at radius 1 is 1.35 bits per heavy atom. The summed E-state index contributed by atoms with van der Waals surface area (Å²) in [5.74, 6) is -0.534. The van der Waals surface area contributed by atoms with Gasteiger partial charge in [-0.2, -0.15) is 0 Å². The number of amides is 1. The lowest BCUT2D eigenvalue weighted by molar-refractivity contribution is 0.0690. The largest absolute Gasteiger partial charge is 0.477 e. The van der Waals surface area contributed by atoms with Gasteiger partial charge in [0.1, 0.15) is 5.69 Å². The molecule has 0 spiro atoms. The predicted molar refractivity (Wildman–Crippen MR) is 74.7 cm³/mol. The number of aromatic nitrogens is 1. The van der Waals surface area contributed by atoms with Crippen molar-refractivity contribution in [1.29, 1.82) is 0 Å². The van der Waals surface area contributed by atoms with Crippen molar-refractivity contribution in [1.82, 2.24) is 10.3 Å². The number of carbonyl (C=O) groups is 2. The molecule has 20 heavy (non-hydrogen) atoms. The molecule has 1 heterocycles. The van der Waals surface area contributed by atoms with Crippen molar-refractivity contribution in [2.24, 2.45) is 5.92 Å². The summed E-state index contributed by atoms with van der Waals surface area (Å²) in [5.41, 5.74) is 0.238. The summed E-state index contributed by atoms with van der Waals surface area (Å²) in [6, 6.07) is 2.83. The standard InChI is InChI=1S/C15H20N2O3/c18-14(12-7-9-16-13(10-12)15(19)20)17-8-3-6-11-4-1-2-5-11/h7,9-11H,1-6,8H2,(H,17,18)(H,19,20). The lowest BCUT2D eigenvalue weighted by Gasteiger charge is -2.09. The summed E-state index contributed by atoms with van der Waals surface area (Å²) in [5, 5.41) is 11.7. The molecule has 1 fully saturated rings. The molecule has 0 aliphatic heterocycles. The van der Waals surface area contributed by atoms with E-state index in [0.29, 0.717) is 12.1 Å². The van der Waals surface area contributed by atoms with Crippen molar-refractivity contribution in [3.05, 3.63) is 29.6 Å². The highest BCUT2D eigenvalue weighted by Gasteiger charge is 2.14. The van der Waals surface area contributed by atoms with Crippen LogP contribution < -0.4 is 5.32 Å². The summed E-state index contributed by atoms with van der Waals surface area (Å²) in [6.45, 7) is 0.639. The van der Waals surface area contributed by atoms with Crippen molar-refractivity contribution in [3.8, 4) is 0 Å². The number of pyridine rings is 1. The van der Waals surface area contributed by atoms with Gasteiger partial charge in [0.2, 0.25) is 0 Å². The number of hydrogen-bond donors (Lipinski definition) is 2. The average molecular weight is 276 g/mol. The van der Waals surface area contributed by atoms with E-state index in [1.54, 1.807) is 0 Å². The van der Waals surface area contributed by atoms with Gasteiger partial charge in [0.05, 0.1) is 0 Å². The highest BCUT2D eigenvalue weighted by atomic mass is 16.4. The van der Waals surface area contributed by atoms with Crippen LogP contribution >= 0.6 is 0 Å². The van der Waals surface area contributed by atoms with E-state index in [2.05, 4.69) is 10.3 Å². The number of nitrogens with zero attached hydrogens (tertiary/aromatic N) is 1. The van der Waals surface area contributed by atoms with Crippen LogP contribution in [0.4, 0.5) is 0 Å². The average Bonchev–Trinajstić information content (AvgIpc) is 2.96. The number of carbonyl (C=O) groups excluding carboxylic acids is 1. The zero-order valence-electron chi connectivity index (χ0n) is 11.5. The molecule has 5 heteroatoms. The second kappa shape index (κ2) is 7.03. The molecule has 5 nitrogen and oxygen atoms in total. The van der Waals surface area contributed by atoms with E-state index in [4.69, 9.17) is 5.11 Å². The van der Waals surface area contributed by atoms with Crippen LogP contribution in [-0.4, -0.2) is 28.5 Å². The van der Waals surface area contributed by atoms with Crippen molar-refractivity contribution in [2.75, 3.05) is 6.54 Å². The molecule has 0 radical (unpaired) electrons. The minimum atomic E-state index is -1.12. The van der Waals surface area contributed by atoms with Crippen molar-refractivity contribution < 1.29 is 14.7 Å². The Balaban J connectivity index is 1.76. The fourth-order valence-corrected chi connectivity index (χ4v) is 2.68. The highest BCUT2D eigenvalue weighted by molar-refractivity contribution is 5.96. The van der Waals surface area contributed by atoms with Crippen molar-refractivity contribution in [2.45, 2.75) is 38.5 Å². The number of rotatable bonds is 6. The van der Waals surface area contributed by atoms with Gasteiger partial charge in [0, 0.05) is 18.3 Å². The number of carboxylic acid groups (broad SMARTS) is 1. The molecule has 0 aromatic carbocycles. The normalized spacial score (nSPS) is 15.2. The van der Waals surface area contributed by atoms with Gasteiger partial charge in [0.25, 0.3) is 5.91 Å². The molecule has 1 saturated carbocycles. The molecule has 2 N–H and O–H groups in total. The number of nitrogens with one attached hydrogen (secondary N) is 1. The molecule has 1 amide bonds. The number of hydrogen-bond acceptors (Lipinski definition) is 3. The quantitative estimate of drug-likeness (QED) is 0.782. The van der Waals surface area contributed by atoms with Gasteiger partial charge in [0.15, 0.2) is 0 Å². The van der Waals surface area contributed by atoms with Gasteiger partial charge in [-0.15, -0.1) is 0 Å². The molecule has 0 unspecified atom stereocenters. The first kappa shape index (κ1) is 14.5. The smallest absolute Gasteiger partial charge is 0.354 e. The van der Waals surface area contributed by atoms with Crippen LogP contribution in [0.25, 0.3) is 0 Å². The molecule has 2 rings (SSSR count). The lowest BCUT2D eigenvalue weighted by atomic mass is 10.0. The Kier molecular flexibility index (Phi) is 5.09. The molecular weight excluding hydrogens is 256 g/mol. The maximum absolute atomic E-state index is 11.9. The van der Waals surface area contributed by atoms with Crippen LogP contribution in [0.3, 0.4) is 0 Å². The van der Waals surface area contributed by atoms with Gasteiger partial charge >= 0.3 is 5.97 Å². The molecule has 0 atom stereocenters. The second-order valence-electron chi connectivity index (χ2n) is 5.28. The molecule has 108 valence electrons. The molecule has 1 aromatic rings. The first-order valence-electron chi connectivity index (χ1n) is 7.14. The Morgan fingerprint density at radius 3 is 2.80 bits per heavy atom. The zero-order valence-corrected chi connectivity index (χ0v) is 11.5. The third-order valence-corrected chi connectivity index (χ3v) is 3.79. The molecular formula is C15H20N2O3. The predicted octanol–water partition coefficient (Wildman–Crippen LogP) is 2.48. The summed E-state index contributed by atoms with van der Waals surface area (Å²) in [7, 11) is 0. The zero-order chi connectivity index (χ0) is 14.4. The SMILES string of the molecule is O=C(NCCCC1CCCC1)c1ccnc(C(=O)O)c1. The summed E-state index contributed by atoms with van der Waals surface area (Å²) in [6.07, 6.45) is 8.81. The summed E-state index contributed by atoms with van der Waals surface area (Å²) < 4.78 is 0. The van der Waals surface area contributed by atoms with Gasteiger partial charge in [-0.05, 0) is 30.9 Å². The van der Waals surface area contributed by atoms with Crippen LogP contribution in [0.1, 0.15) is 59.4 Å². The van der Waals surface area contributed by atoms with Crippen LogP contribution in [0.15, 0.2) is 18.3 Å². The van der Waals surface area contributed by atoms with Gasteiger partial charge in [-0.25, -0.2) is 9.78 Å². The Labute approximate surface area is 118 Å². The Bertz CT molecular complexity index is 482. The maximum atomic E-state index is 11.9. The van der Waals surface area contributed by atoms with E-state index >= 15 is 0 Å². The Hall–Kier alpha value is -1.91. The van der Waals surface area contributed by atoms with E-state index in [-0.39, 0.29) is 11.6 Å². The van der Waals surface area contributed by atoms with E-state index in [1.165, 1.54) is 44.0 Å². The third kappa shape index (κ3) is 4.05. The van der Waals surface area contributed by atoms with E-state index in [0.717, 1.165) is 18.8 Å². The van der Waals surface area contributed by atoms with Gasteiger partial charge in [-0.1, -0.05) is 25.7 Å². The first-order chi connectivity index (χ1) is 9.66. The van der Waals surface area contributed by atoms with E-state index in [9.17, 15) is 9.59 Å². The molecule has 1 aliphatic rings. The number of carboxylic acids is 1. The fourth-order valence-electron chi connectivity index (χ4n) is 2.68. The molecule has 0 saturated heterocycles. The topological polar surface area (TPSA) is 79.3 Å². The van der Waals surface area contributed by atoms with Crippen LogP contribution in [0, 0.1) is 5.92 Å². The molecule has 1 aromatic heterocycles. The highest BCUT2D eigenvalue weighted by Crippen LogP contribution is 2.28. The first-order valence-corrected chi connectivity index (χ1v) is 7.14. The minimum absolute atomic E-state index is 0.108. The summed E-state index contributed by atoms with van der Waals surface area (Å²) >= 11 is 0. The van der Waals surface area contributed by atoms with Crippen LogP contribution in [-0.2, 0) is 0 Å². The van der Waals surface area contributed by atoms with Crippen LogP contribution in [0.5, 0.6) is 0 Å². The summed E-state index contributed by atoms with van der Waals surface area (Å²) in [4.78, 5) is 26.4. The van der Waals surface area contributed by atoms with E-state index < -0.39 is 5.97 Å². The molecule has 1 aliphatic carbocycles.